The van der Waals surface area contributed by atoms with E-state index < -0.39 is 5.60 Å². The van der Waals surface area contributed by atoms with Crippen LogP contribution in [-0.4, -0.2) is 100 Å². The third kappa shape index (κ3) is 11.8. The van der Waals surface area contributed by atoms with Crippen LogP contribution in [-0.2, 0) is 14.3 Å². The molecule has 26 heavy (non-hydrogen) atoms. The summed E-state index contributed by atoms with van der Waals surface area (Å²) in [6.45, 7) is 9.30. The number of ether oxygens (including phenoxy) is 2. The van der Waals surface area contributed by atoms with E-state index in [2.05, 4.69) is 25.8 Å². The lowest BCUT2D eigenvalue weighted by Gasteiger charge is -2.34. The summed E-state index contributed by atoms with van der Waals surface area (Å²) in [7, 11) is 1.58. The van der Waals surface area contributed by atoms with Gasteiger partial charge in [0.05, 0.1) is 25.4 Å². The van der Waals surface area contributed by atoms with Gasteiger partial charge in [-0.15, -0.1) is 24.0 Å². The van der Waals surface area contributed by atoms with Crippen LogP contribution in [0.25, 0.3) is 0 Å². The van der Waals surface area contributed by atoms with Crippen LogP contribution >= 0.6 is 24.0 Å². The van der Waals surface area contributed by atoms with Crippen molar-refractivity contribution in [3.05, 3.63) is 0 Å². The summed E-state index contributed by atoms with van der Waals surface area (Å²) in [6, 6.07) is 0. The van der Waals surface area contributed by atoms with Crippen molar-refractivity contribution in [2.75, 3.05) is 72.7 Å². The molecule has 1 unspecified atom stereocenters. The number of guanidine groups is 1. The molecule has 9 nitrogen and oxygen atoms in total. The van der Waals surface area contributed by atoms with Gasteiger partial charge in [-0.1, -0.05) is 0 Å². The van der Waals surface area contributed by atoms with Crippen LogP contribution in [0.5, 0.6) is 0 Å². The summed E-state index contributed by atoms with van der Waals surface area (Å²) in [4.78, 5) is 18.1. The van der Waals surface area contributed by atoms with Crippen LogP contribution in [0.1, 0.15) is 13.8 Å². The standard InChI is InChI=1S/C16H33N5O4.HI/c1-4-17-15(19-11-14(22)18-5-8-24-3)20-12-16(2,23)13-21-6-9-25-10-7-21;/h23H,4-13H2,1-3H3,(H,18,22)(H2,17,19,20);1H. The number of aliphatic hydroxyl groups is 1. The summed E-state index contributed by atoms with van der Waals surface area (Å²) >= 11 is 0. The minimum absolute atomic E-state index is 0. The van der Waals surface area contributed by atoms with Gasteiger partial charge in [-0.2, -0.15) is 0 Å². The van der Waals surface area contributed by atoms with Crippen molar-refractivity contribution < 1.29 is 19.4 Å². The molecule has 0 aliphatic carbocycles. The summed E-state index contributed by atoms with van der Waals surface area (Å²) in [5.41, 5.74) is -0.908. The molecule has 1 rings (SSSR count). The Hall–Kier alpha value is -0.690. The quantitative estimate of drug-likeness (QED) is 0.136. The van der Waals surface area contributed by atoms with E-state index in [1.807, 2.05) is 6.92 Å². The molecule has 1 heterocycles. The number of nitrogens with one attached hydrogen (secondary N) is 3. The highest BCUT2D eigenvalue weighted by atomic mass is 127. The van der Waals surface area contributed by atoms with E-state index in [4.69, 9.17) is 9.47 Å². The van der Waals surface area contributed by atoms with Gasteiger partial charge in [0.1, 0.15) is 6.54 Å². The predicted molar refractivity (Wildman–Crippen MR) is 112 cm³/mol. The molecule has 1 saturated heterocycles. The second kappa shape index (κ2) is 14.4. The van der Waals surface area contributed by atoms with Crippen LogP contribution in [0, 0.1) is 0 Å². The highest BCUT2D eigenvalue weighted by Gasteiger charge is 2.25. The van der Waals surface area contributed by atoms with E-state index >= 15 is 0 Å². The highest BCUT2D eigenvalue weighted by molar-refractivity contribution is 14.0. The molecule has 0 radical (unpaired) electrons. The Morgan fingerprint density at radius 1 is 1.31 bits per heavy atom. The van der Waals surface area contributed by atoms with Gasteiger partial charge in [0.2, 0.25) is 5.91 Å². The van der Waals surface area contributed by atoms with Crippen molar-refractivity contribution in [1.82, 2.24) is 20.9 Å². The fourth-order valence-corrected chi connectivity index (χ4v) is 2.41. The number of methoxy groups -OCH3 is 1. The number of carbonyl (C=O) groups is 1. The average Bonchev–Trinajstić information content (AvgIpc) is 2.58. The number of rotatable bonds is 10. The number of amides is 1. The molecule has 0 bridgehead atoms. The SMILES string of the molecule is CCNC(=NCC(=O)NCCOC)NCC(C)(O)CN1CCOCC1.I. The average molecular weight is 487 g/mol. The fourth-order valence-electron chi connectivity index (χ4n) is 2.41. The Morgan fingerprint density at radius 2 is 2.00 bits per heavy atom. The second-order valence-electron chi connectivity index (χ2n) is 6.28. The first-order valence-electron chi connectivity index (χ1n) is 8.77. The highest BCUT2D eigenvalue weighted by Crippen LogP contribution is 2.07. The Bertz CT molecular complexity index is 417. The number of carbonyl (C=O) groups excluding carboxylic acids is 1. The molecule has 1 atom stereocenters. The number of halogens is 1. The van der Waals surface area contributed by atoms with Crippen LogP contribution in [0.15, 0.2) is 4.99 Å². The first-order valence-corrected chi connectivity index (χ1v) is 8.77. The zero-order valence-corrected chi connectivity index (χ0v) is 18.4. The molecule has 154 valence electrons. The van der Waals surface area contributed by atoms with Gasteiger partial charge >= 0.3 is 0 Å². The second-order valence-corrected chi connectivity index (χ2v) is 6.28. The number of hydrogen-bond acceptors (Lipinski definition) is 6. The van der Waals surface area contributed by atoms with Crippen LogP contribution in [0.4, 0.5) is 0 Å². The lowest BCUT2D eigenvalue weighted by molar-refractivity contribution is -0.119. The normalized spacial score (nSPS) is 17.8. The zero-order chi connectivity index (χ0) is 18.5. The number of β-amino-alcohol motifs (C(OH)–C–C–N with tert-alkyl or cyclic N) is 1. The summed E-state index contributed by atoms with van der Waals surface area (Å²) < 4.78 is 10.2. The Kier molecular flexibility index (Phi) is 14.0. The van der Waals surface area contributed by atoms with Crippen LogP contribution in [0.2, 0.25) is 0 Å². The van der Waals surface area contributed by atoms with Gasteiger partial charge in [-0.25, -0.2) is 4.99 Å². The van der Waals surface area contributed by atoms with E-state index in [0.717, 1.165) is 13.1 Å². The maximum absolute atomic E-state index is 11.7. The van der Waals surface area contributed by atoms with E-state index in [1.165, 1.54) is 0 Å². The molecule has 1 aliphatic rings. The van der Waals surface area contributed by atoms with Gasteiger partial charge in [0.25, 0.3) is 0 Å². The fraction of sp³-hybridized carbons (Fsp3) is 0.875. The maximum Gasteiger partial charge on any atom is 0.241 e. The van der Waals surface area contributed by atoms with E-state index in [0.29, 0.717) is 52.0 Å². The monoisotopic (exact) mass is 487 g/mol. The lowest BCUT2D eigenvalue weighted by atomic mass is 10.1. The van der Waals surface area contributed by atoms with Gasteiger partial charge < -0.3 is 30.5 Å². The molecular formula is C16H34IN5O4. The van der Waals surface area contributed by atoms with Crippen molar-refractivity contribution in [2.24, 2.45) is 4.99 Å². The number of nitrogens with zero attached hydrogens (tertiary/aromatic N) is 2. The zero-order valence-electron chi connectivity index (χ0n) is 16.0. The van der Waals surface area contributed by atoms with Gasteiger partial charge in [0, 0.05) is 46.4 Å². The molecule has 0 saturated carbocycles. The number of morpholine rings is 1. The molecular weight excluding hydrogens is 453 g/mol. The summed E-state index contributed by atoms with van der Waals surface area (Å²) in [5, 5.41) is 19.5. The third-order valence-electron chi connectivity index (χ3n) is 3.66. The molecule has 0 aromatic rings. The topological polar surface area (TPSA) is 107 Å². The van der Waals surface area contributed by atoms with Gasteiger partial charge in [-0.3, -0.25) is 9.69 Å². The van der Waals surface area contributed by atoms with E-state index in [9.17, 15) is 9.90 Å². The van der Waals surface area contributed by atoms with Crippen molar-refractivity contribution >= 4 is 35.8 Å². The molecule has 1 fully saturated rings. The molecule has 1 aliphatic heterocycles. The van der Waals surface area contributed by atoms with Crippen molar-refractivity contribution in [3.63, 3.8) is 0 Å². The smallest absolute Gasteiger partial charge is 0.241 e. The van der Waals surface area contributed by atoms with Crippen molar-refractivity contribution in [1.29, 1.82) is 0 Å². The number of hydrogen-bond donors (Lipinski definition) is 4. The predicted octanol–water partition coefficient (Wildman–Crippen LogP) is -0.995. The third-order valence-corrected chi connectivity index (χ3v) is 3.66. The van der Waals surface area contributed by atoms with Crippen molar-refractivity contribution in [2.45, 2.75) is 19.4 Å². The Balaban J connectivity index is 0.00000625. The molecule has 4 N–H and O–H groups in total. The molecule has 0 aromatic heterocycles. The Morgan fingerprint density at radius 3 is 2.62 bits per heavy atom. The van der Waals surface area contributed by atoms with Crippen molar-refractivity contribution in [3.8, 4) is 0 Å². The number of aliphatic imine (C=N–C) groups is 1. The van der Waals surface area contributed by atoms with Gasteiger partial charge in [-0.05, 0) is 13.8 Å². The molecule has 10 heteroatoms. The first-order chi connectivity index (χ1) is 12.0. The Labute approximate surface area is 173 Å². The van der Waals surface area contributed by atoms with Crippen LogP contribution < -0.4 is 16.0 Å². The summed E-state index contributed by atoms with van der Waals surface area (Å²) in [5.74, 6) is 0.334. The molecule has 1 amide bonds. The first kappa shape index (κ1) is 25.3. The maximum atomic E-state index is 11.7. The van der Waals surface area contributed by atoms with E-state index in [1.54, 1.807) is 14.0 Å². The summed E-state index contributed by atoms with van der Waals surface area (Å²) in [6.07, 6.45) is 0. The van der Waals surface area contributed by atoms with Gasteiger partial charge in [0.15, 0.2) is 5.96 Å². The molecule has 0 aromatic carbocycles. The molecule has 0 spiro atoms. The largest absolute Gasteiger partial charge is 0.387 e. The minimum atomic E-state index is -0.908. The van der Waals surface area contributed by atoms with E-state index in [-0.39, 0.29) is 36.4 Å². The minimum Gasteiger partial charge on any atom is -0.387 e. The van der Waals surface area contributed by atoms with Crippen LogP contribution in [0.3, 0.4) is 0 Å². The lowest BCUT2D eigenvalue weighted by Crippen LogP contribution is -2.53.